The normalized spacial score (nSPS) is 20.2. The second-order valence-corrected chi connectivity index (χ2v) is 7.74. The molecule has 0 bridgehead atoms. The van der Waals surface area contributed by atoms with Gasteiger partial charge in [-0.25, -0.2) is 0 Å². The van der Waals surface area contributed by atoms with Crippen LogP contribution in [0.5, 0.6) is 0 Å². The fourth-order valence-corrected chi connectivity index (χ4v) is 4.61. The van der Waals surface area contributed by atoms with Crippen LogP contribution in [0.2, 0.25) is 0 Å². The largest absolute Gasteiger partial charge is 0.381 e. The van der Waals surface area contributed by atoms with Gasteiger partial charge < -0.3 is 10.6 Å². The van der Waals surface area contributed by atoms with E-state index < -0.39 is 0 Å². The molecule has 2 fully saturated rings. The van der Waals surface area contributed by atoms with Crippen molar-refractivity contribution in [1.82, 2.24) is 10.2 Å². The Labute approximate surface area is 157 Å². The number of hydrogen-bond donors (Lipinski definition) is 2. The zero-order valence-electron chi connectivity index (χ0n) is 15.7. The van der Waals surface area contributed by atoms with E-state index in [1.54, 1.807) is 0 Å². The van der Waals surface area contributed by atoms with Crippen LogP contribution in [0.15, 0.2) is 54.6 Å². The topological polar surface area (TPSA) is 27.3 Å². The highest BCUT2D eigenvalue weighted by molar-refractivity contribution is 5.46. The van der Waals surface area contributed by atoms with Crippen molar-refractivity contribution in [1.29, 1.82) is 0 Å². The Bertz CT molecular complexity index is 656. The van der Waals surface area contributed by atoms with Gasteiger partial charge in [0.15, 0.2) is 0 Å². The third kappa shape index (κ3) is 4.28. The number of benzene rings is 2. The molecule has 1 heterocycles. The number of nitrogens with zero attached hydrogens (tertiary/aromatic N) is 1. The third-order valence-electron chi connectivity index (χ3n) is 5.98. The molecule has 2 aromatic carbocycles. The first kappa shape index (κ1) is 17.6. The summed E-state index contributed by atoms with van der Waals surface area (Å²) in [6.07, 6.45) is 5.60. The number of piperazine rings is 1. The molecule has 2 N–H and O–H groups in total. The van der Waals surface area contributed by atoms with Crippen molar-refractivity contribution in [3.05, 3.63) is 65.7 Å². The summed E-state index contributed by atoms with van der Waals surface area (Å²) in [5.41, 5.74) is 4.04. The van der Waals surface area contributed by atoms with Gasteiger partial charge in [0.2, 0.25) is 0 Å². The average Bonchev–Trinajstić information content (AvgIpc) is 3.23. The molecule has 0 unspecified atom stereocenters. The maximum absolute atomic E-state index is 3.55. The second kappa shape index (κ2) is 8.70. The van der Waals surface area contributed by atoms with Crippen LogP contribution in [-0.2, 0) is 6.54 Å². The van der Waals surface area contributed by atoms with Crippen molar-refractivity contribution < 1.29 is 0 Å². The van der Waals surface area contributed by atoms with E-state index in [0.717, 1.165) is 25.6 Å². The monoisotopic (exact) mass is 349 g/mol. The van der Waals surface area contributed by atoms with Crippen molar-refractivity contribution in [3.8, 4) is 0 Å². The van der Waals surface area contributed by atoms with Gasteiger partial charge in [-0.2, -0.15) is 0 Å². The molecule has 0 amide bonds. The van der Waals surface area contributed by atoms with Gasteiger partial charge in [-0.15, -0.1) is 0 Å². The summed E-state index contributed by atoms with van der Waals surface area (Å²) in [7, 11) is 0. The molecule has 1 aliphatic carbocycles. The Morgan fingerprint density at radius 1 is 0.923 bits per heavy atom. The second-order valence-electron chi connectivity index (χ2n) is 7.74. The number of rotatable bonds is 6. The Morgan fingerprint density at radius 2 is 1.62 bits per heavy atom. The van der Waals surface area contributed by atoms with E-state index >= 15 is 0 Å². The average molecular weight is 350 g/mol. The molecular formula is C23H31N3. The van der Waals surface area contributed by atoms with Gasteiger partial charge in [0, 0.05) is 44.5 Å². The van der Waals surface area contributed by atoms with Crippen LogP contribution in [-0.4, -0.2) is 31.1 Å². The summed E-state index contributed by atoms with van der Waals surface area (Å²) < 4.78 is 0. The van der Waals surface area contributed by atoms with Gasteiger partial charge in [0.25, 0.3) is 0 Å². The Hall–Kier alpha value is -1.84. The summed E-state index contributed by atoms with van der Waals surface area (Å²) >= 11 is 0. The fraction of sp³-hybridized carbons (Fsp3) is 0.478. The van der Waals surface area contributed by atoms with Crippen LogP contribution in [0.4, 0.5) is 5.69 Å². The molecule has 0 spiro atoms. The van der Waals surface area contributed by atoms with Crippen LogP contribution < -0.4 is 10.6 Å². The van der Waals surface area contributed by atoms with Gasteiger partial charge in [0.1, 0.15) is 0 Å². The lowest BCUT2D eigenvalue weighted by atomic mass is 9.89. The summed E-state index contributed by atoms with van der Waals surface area (Å²) in [6, 6.07) is 20.4. The van der Waals surface area contributed by atoms with Crippen molar-refractivity contribution in [2.24, 2.45) is 5.92 Å². The minimum atomic E-state index is 0.600. The summed E-state index contributed by atoms with van der Waals surface area (Å²) in [6.45, 7) is 5.48. The predicted octanol–water partition coefficient (Wildman–Crippen LogP) is 4.44. The standard InChI is InChI=1S/C23H31N3/c1-2-6-19(7-3-1)18-25-22-12-10-21(11-13-22)23(20-8-4-5-9-20)26-16-14-24-15-17-26/h1-3,6-7,10-13,20,23-25H,4-5,8-9,14-18H2/t23-/m1/s1. The molecule has 26 heavy (non-hydrogen) atoms. The molecule has 1 saturated heterocycles. The highest BCUT2D eigenvalue weighted by Gasteiger charge is 2.31. The predicted molar refractivity (Wildman–Crippen MR) is 109 cm³/mol. The molecule has 138 valence electrons. The SMILES string of the molecule is c1ccc(CNc2ccc([C@@H](C3CCCC3)N3CCNCC3)cc2)cc1. The van der Waals surface area contributed by atoms with Crippen molar-refractivity contribution in [2.45, 2.75) is 38.3 Å². The minimum Gasteiger partial charge on any atom is -0.381 e. The van der Waals surface area contributed by atoms with Gasteiger partial charge in [-0.05, 0) is 42.0 Å². The van der Waals surface area contributed by atoms with E-state index in [4.69, 9.17) is 0 Å². The van der Waals surface area contributed by atoms with Gasteiger partial charge in [-0.1, -0.05) is 55.3 Å². The van der Waals surface area contributed by atoms with E-state index in [-0.39, 0.29) is 0 Å². The molecule has 2 aromatic rings. The molecule has 3 nitrogen and oxygen atoms in total. The Kier molecular flexibility index (Phi) is 5.88. The van der Waals surface area contributed by atoms with E-state index in [1.807, 2.05) is 0 Å². The van der Waals surface area contributed by atoms with E-state index in [0.29, 0.717) is 6.04 Å². The van der Waals surface area contributed by atoms with E-state index in [1.165, 1.54) is 55.6 Å². The zero-order valence-corrected chi connectivity index (χ0v) is 15.7. The number of hydrogen-bond acceptors (Lipinski definition) is 3. The number of nitrogens with one attached hydrogen (secondary N) is 2. The molecule has 0 aromatic heterocycles. The van der Waals surface area contributed by atoms with Crippen LogP contribution in [0, 0.1) is 5.92 Å². The maximum atomic E-state index is 3.55. The summed E-state index contributed by atoms with van der Waals surface area (Å²) in [5, 5.41) is 7.05. The highest BCUT2D eigenvalue weighted by atomic mass is 15.2. The number of anilines is 1. The molecule has 1 atom stereocenters. The van der Waals surface area contributed by atoms with Crippen molar-refractivity contribution in [2.75, 3.05) is 31.5 Å². The highest BCUT2D eigenvalue weighted by Crippen LogP contribution is 2.39. The molecular weight excluding hydrogens is 318 g/mol. The van der Waals surface area contributed by atoms with Gasteiger partial charge in [0.05, 0.1) is 0 Å². The molecule has 1 saturated carbocycles. The smallest absolute Gasteiger partial charge is 0.0400 e. The van der Waals surface area contributed by atoms with Crippen molar-refractivity contribution >= 4 is 5.69 Å². The van der Waals surface area contributed by atoms with E-state index in [9.17, 15) is 0 Å². The lowest BCUT2D eigenvalue weighted by Crippen LogP contribution is -2.46. The van der Waals surface area contributed by atoms with Crippen LogP contribution in [0.25, 0.3) is 0 Å². The first-order valence-corrected chi connectivity index (χ1v) is 10.2. The lowest BCUT2D eigenvalue weighted by Gasteiger charge is -2.38. The minimum absolute atomic E-state index is 0.600. The molecule has 4 rings (SSSR count). The molecule has 0 radical (unpaired) electrons. The van der Waals surface area contributed by atoms with E-state index in [2.05, 4.69) is 70.1 Å². The third-order valence-corrected chi connectivity index (χ3v) is 5.98. The quantitative estimate of drug-likeness (QED) is 0.807. The summed E-state index contributed by atoms with van der Waals surface area (Å²) in [4.78, 5) is 2.72. The fourth-order valence-electron chi connectivity index (χ4n) is 4.61. The van der Waals surface area contributed by atoms with Crippen LogP contribution >= 0.6 is 0 Å². The first-order valence-electron chi connectivity index (χ1n) is 10.2. The van der Waals surface area contributed by atoms with Crippen molar-refractivity contribution in [3.63, 3.8) is 0 Å². The Balaban J connectivity index is 1.45. The lowest BCUT2D eigenvalue weighted by molar-refractivity contribution is 0.125. The molecule has 2 aliphatic rings. The first-order chi connectivity index (χ1) is 12.9. The van der Waals surface area contributed by atoms with Gasteiger partial charge in [-0.3, -0.25) is 4.90 Å². The Morgan fingerprint density at radius 3 is 2.31 bits per heavy atom. The van der Waals surface area contributed by atoms with Gasteiger partial charge >= 0.3 is 0 Å². The molecule has 3 heteroatoms. The van der Waals surface area contributed by atoms with Crippen LogP contribution in [0.3, 0.4) is 0 Å². The van der Waals surface area contributed by atoms with Crippen LogP contribution in [0.1, 0.15) is 42.9 Å². The zero-order chi connectivity index (χ0) is 17.6. The molecule has 1 aliphatic heterocycles. The maximum Gasteiger partial charge on any atom is 0.0400 e. The summed E-state index contributed by atoms with van der Waals surface area (Å²) in [5.74, 6) is 0.830.